The molecule has 0 aliphatic heterocycles. The normalized spacial score (nSPS) is 11.1. The molecule has 0 saturated heterocycles. The van der Waals surface area contributed by atoms with Crippen molar-refractivity contribution in [3.05, 3.63) is 92.5 Å². The fourth-order valence-electron chi connectivity index (χ4n) is 3.51. The highest BCUT2D eigenvalue weighted by molar-refractivity contribution is 6.34. The van der Waals surface area contributed by atoms with Crippen LogP contribution in [-0.4, -0.2) is 40.4 Å². The molecule has 0 fully saturated rings. The molecule has 3 aromatic heterocycles. The monoisotopic (exact) mass is 508 g/mol. The highest BCUT2D eigenvalue weighted by Gasteiger charge is 2.20. The summed E-state index contributed by atoms with van der Waals surface area (Å²) in [4.78, 5) is 32.2. The molecule has 174 valence electrons. The van der Waals surface area contributed by atoms with E-state index in [1.165, 1.54) is 23.1 Å². The topological polar surface area (TPSA) is 134 Å². The Balaban J connectivity index is 1.55. The van der Waals surface area contributed by atoms with E-state index in [-0.39, 0.29) is 22.1 Å². The zero-order valence-corrected chi connectivity index (χ0v) is 19.4. The van der Waals surface area contributed by atoms with E-state index in [2.05, 4.69) is 25.5 Å². The van der Waals surface area contributed by atoms with Gasteiger partial charge in [-0.15, -0.1) is 0 Å². The molecule has 0 aliphatic carbocycles. The third-order valence-electron chi connectivity index (χ3n) is 5.10. The van der Waals surface area contributed by atoms with Crippen molar-refractivity contribution in [1.29, 1.82) is 0 Å². The Kier molecular flexibility index (Phi) is 5.63. The van der Waals surface area contributed by atoms with Crippen molar-refractivity contribution < 1.29 is 9.72 Å². The summed E-state index contributed by atoms with van der Waals surface area (Å²) in [5.74, 6) is 0.0278. The Morgan fingerprint density at radius 2 is 1.83 bits per heavy atom. The Labute approximate surface area is 207 Å². The standard InChI is InChI=1S/C22H14Cl2N8O3/c1-12-8-19(28-22(33)16-9-15(32(34)35)6-7-18(16)24)31(29-12)21-17-10-27-30(20(17)25-11-26-21)14-4-2-13(23)3-5-14/h2-11H,1H3,(H,28,33). The zero-order valence-electron chi connectivity index (χ0n) is 17.9. The number of nitrogens with one attached hydrogen (secondary N) is 1. The summed E-state index contributed by atoms with van der Waals surface area (Å²) in [6.45, 7) is 1.75. The SMILES string of the molecule is Cc1cc(NC(=O)c2cc([N+](=O)[O-])ccc2Cl)n(-c2ncnc3c2cnn3-c2ccc(Cl)cc2)n1. The number of carbonyl (C=O) groups excluding carboxylic acids is 1. The molecule has 0 radical (unpaired) electrons. The second-order valence-corrected chi connectivity index (χ2v) is 8.27. The van der Waals surface area contributed by atoms with Crippen LogP contribution in [0.15, 0.2) is 61.1 Å². The number of aromatic nitrogens is 6. The smallest absolute Gasteiger partial charge is 0.270 e. The first-order chi connectivity index (χ1) is 16.8. The van der Waals surface area contributed by atoms with Crippen molar-refractivity contribution >= 4 is 51.6 Å². The van der Waals surface area contributed by atoms with Crippen molar-refractivity contribution in [2.45, 2.75) is 6.92 Å². The summed E-state index contributed by atoms with van der Waals surface area (Å²) in [6, 6.07) is 12.4. The molecule has 5 rings (SSSR count). The number of amides is 1. The van der Waals surface area contributed by atoms with Crippen molar-refractivity contribution in [2.75, 3.05) is 5.32 Å². The van der Waals surface area contributed by atoms with Gasteiger partial charge in [-0.05, 0) is 37.3 Å². The van der Waals surface area contributed by atoms with Crippen molar-refractivity contribution in [1.82, 2.24) is 29.5 Å². The van der Waals surface area contributed by atoms with Gasteiger partial charge in [0.15, 0.2) is 11.5 Å². The highest BCUT2D eigenvalue weighted by atomic mass is 35.5. The Hall–Kier alpha value is -4.35. The summed E-state index contributed by atoms with van der Waals surface area (Å²) in [5.41, 5.74) is 1.57. The number of hydrogen-bond donors (Lipinski definition) is 1. The van der Waals surface area contributed by atoms with Crippen LogP contribution in [0.25, 0.3) is 22.5 Å². The van der Waals surface area contributed by atoms with Gasteiger partial charge in [0, 0.05) is 23.2 Å². The fraction of sp³-hybridized carbons (Fsp3) is 0.0455. The van der Waals surface area contributed by atoms with Crippen LogP contribution in [0, 0.1) is 17.0 Å². The van der Waals surface area contributed by atoms with E-state index in [0.717, 1.165) is 11.8 Å². The van der Waals surface area contributed by atoms with Crippen LogP contribution in [0.5, 0.6) is 0 Å². The van der Waals surface area contributed by atoms with Gasteiger partial charge in [0.05, 0.1) is 38.5 Å². The molecule has 13 heteroatoms. The predicted molar refractivity (Wildman–Crippen MR) is 130 cm³/mol. The maximum atomic E-state index is 13.0. The summed E-state index contributed by atoms with van der Waals surface area (Å²) in [5, 5.41) is 24.0. The summed E-state index contributed by atoms with van der Waals surface area (Å²) in [6.07, 6.45) is 2.96. The maximum absolute atomic E-state index is 13.0. The van der Waals surface area contributed by atoms with Gasteiger partial charge in [-0.2, -0.15) is 14.9 Å². The first-order valence-electron chi connectivity index (χ1n) is 10.1. The van der Waals surface area contributed by atoms with Gasteiger partial charge < -0.3 is 5.32 Å². The van der Waals surface area contributed by atoms with Crippen LogP contribution in [-0.2, 0) is 0 Å². The number of anilines is 1. The lowest BCUT2D eigenvalue weighted by Crippen LogP contribution is -2.16. The highest BCUT2D eigenvalue weighted by Crippen LogP contribution is 2.27. The number of halogens is 2. The molecule has 5 aromatic rings. The number of nitro groups is 1. The van der Waals surface area contributed by atoms with Gasteiger partial charge in [0.1, 0.15) is 12.1 Å². The number of rotatable bonds is 5. The number of non-ortho nitro benzene ring substituents is 1. The average Bonchev–Trinajstić information content (AvgIpc) is 3.43. The van der Waals surface area contributed by atoms with E-state index in [1.54, 1.807) is 36.0 Å². The minimum Gasteiger partial charge on any atom is -0.306 e. The number of fused-ring (bicyclic) bond motifs is 1. The Morgan fingerprint density at radius 1 is 1.06 bits per heavy atom. The molecule has 1 N–H and O–H groups in total. The summed E-state index contributed by atoms with van der Waals surface area (Å²) < 4.78 is 3.07. The minimum absolute atomic E-state index is 0.0466. The van der Waals surface area contributed by atoms with Crippen molar-refractivity contribution in [3.63, 3.8) is 0 Å². The van der Waals surface area contributed by atoms with Gasteiger partial charge in [0.25, 0.3) is 11.6 Å². The minimum atomic E-state index is -0.637. The molecule has 1 amide bonds. The second kappa shape index (κ2) is 8.78. The molecular weight excluding hydrogens is 495 g/mol. The second-order valence-electron chi connectivity index (χ2n) is 7.43. The van der Waals surface area contributed by atoms with Crippen LogP contribution in [0.4, 0.5) is 11.5 Å². The number of benzene rings is 2. The number of hydrogen-bond acceptors (Lipinski definition) is 7. The molecule has 35 heavy (non-hydrogen) atoms. The number of aryl methyl sites for hydroxylation is 1. The van der Waals surface area contributed by atoms with E-state index in [4.69, 9.17) is 23.2 Å². The first kappa shape index (κ1) is 22.4. The number of nitro benzene ring substituents is 1. The van der Waals surface area contributed by atoms with E-state index < -0.39 is 10.8 Å². The molecule has 0 atom stereocenters. The van der Waals surface area contributed by atoms with Gasteiger partial charge in [-0.3, -0.25) is 14.9 Å². The van der Waals surface area contributed by atoms with Crippen LogP contribution < -0.4 is 5.32 Å². The van der Waals surface area contributed by atoms with Gasteiger partial charge in [-0.1, -0.05) is 23.2 Å². The van der Waals surface area contributed by atoms with E-state index in [0.29, 0.717) is 27.6 Å². The van der Waals surface area contributed by atoms with E-state index in [9.17, 15) is 14.9 Å². The molecule has 3 heterocycles. The van der Waals surface area contributed by atoms with E-state index >= 15 is 0 Å². The van der Waals surface area contributed by atoms with Crippen molar-refractivity contribution in [2.24, 2.45) is 0 Å². The molecule has 0 aliphatic rings. The Morgan fingerprint density at radius 3 is 2.57 bits per heavy atom. The number of carbonyl (C=O) groups is 1. The molecular formula is C22H14Cl2N8O3. The quantitative estimate of drug-likeness (QED) is 0.266. The van der Waals surface area contributed by atoms with Crippen LogP contribution in [0.1, 0.15) is 16.1 Å². The van der Waals surface area contributed by atoms with Crippen LogP contribution in [0.2, 0.25) is 10.0 Å². The molecule has 11 nitrogen and oxygen atoms in total. The molecule has 0 saturated carbocycles. The first-order valence-corrected chi connectivity index (χ1v) is 10.8. The largest absolute Gasteiger partial charge is 0.306 e. The van der Waals surface area contributed by atoms with Crippen molar-refractivity contribution in [3.8, 4) is 11.5 Å². The molecule has 0 unspecified atom stereocenters. The Bertz CT molecular complexity index is 1610. The van der Waals surface area contributed by atoms with Gasteiger partial charge in [0.2, 0.25) is 0 Å². The third-order valence-corrected chi connectivity index (χ3v) is 5.68. The fourth-order valence-corrected chi connectivity index (χ4v) is 3.84. The average molecular weight is 509 g/mol. The summed E-state index contributed by atoms with van der Waals surface area (Å²) >= 11 is 12.1. The predicted octanol–water partition coefficient (Wildman–Crippen LogP) is 4.78. The van der Waals surface area contributed by atoms with Gasteiger partial charge in [-0.25, -0.2) is 14.6 Å². The maximum Gasteiger partial charge on any atom is 0.270 e. The molecule has 0 spiro atoms. The summed E-state index contributed by atoms with van der Waals surface area (Å²) in [7, 11) is 0. The lowest BCUT2D eigenvalue weighted by molar-refractivity contribution is -0.384. The lowest BCUT2D eigenvalue weighted by Gasteiger charge is -2.10. The molecule has 2 aromatic carbocycles. The molecule has 0 bridgehead atoms. The van der Waals surface area contributed by atoms with E-state index in [1.807, 2.05) is 12.1 Å². The van der Waals surface area contributed by atoms with Crippen LogP contribution >= 0.6 is 23.2 Å². The van der Waals surface area contributed by atoms with Gasteiger partial charge >= 0.3 is 0 Å². The number of nitrogens with zero attached hydrogens (tertiary/aromatic N) is 7. The zero-order chi connectivity index (χ0) is 24.7. The lowest BCUT2D eigenvalue weighted by atomic mass is 10.2. The van der Waals surface area contributed by atoms with Crippen LogP contribution in [0.3, 0.4) is 0 Å². The third kappa shape index (κ3) is 4.18.